The number of hydrogen-bond acceptors (Lipinski definition) is 2. The minimum absolute atomic E-state index is 0.189. The third-order valence-corrected chi connectivity index (χ3v) is 2.18. The summed E-state index contributed by atoms with van der Waals surface area (Å²) in [5.41, 5.74) is 5.36. The number of rotatable bonds is 3. The highest BCUT2D eigenvalue weighted by molar-refractivity contribution is 5.74. The van der Waals surface area contributed by atoms with Gasteiger partial charge in [0.25, 0.3) is 0 Å². The number of nitrogens with two attached hydrogens (primary N) is 1. The van der Waals surface area contributed by atoms with Crippen molar-refractivity contribution in [1.82, 2.24) is 4.90 Å². The average molecular weight is 171 g/mol. The summed E-state index contributed by atoms with van der Waals surface area (Å²) in [6, 6.07) is 0. The molecule has 0 bridgehead atoms. The van der Waals surface area contributed by atoms with Gasteiger partial charge in [0.05, 0.1) is 6.61 Å². The Hall–Kier alpha value is -0.770. The molecule has 0 saturated carbocycles. The highest BCUT2D eigenvalue weighted by Gasteiger charge is 2.22. The molecule has 1 fully saturated rings. The monoisotopic (exact) mass is 171 g/mol. The molecule has 1 saturated heterocycles. The molecule has 1 heterocycles. The van der Waals surface area contributed by atoms with Crippen molar-refractivity contribution >= 4 is 5.96 Å². The van der Waals surface area contributed by atoms with Gasteiger partial charge in [-0.05, 0) is 13.3 Å². The second-order valence-corrected chi connectivity index (χ2v) is 3.15. The fourth-order valence-corrected chi connectivity index (χ4v) is 1.47. The van der Waals surface area contributed by atoms with Crippen molar-refractivity contribution in [1.29, 1.82) is 5.41 Å². The van der Waals surface area contributed by atoms with Crippen LogP contribution in [0.4, 0.5) is 0 Å². The summed E-state index contributed by atoms with van der Waals surface area (Å²) in [6.45, 7) is 5.37. The quantitative estimate of drug-likeness (QED) is 0.472. The van der Waals surface area contributed by atoms with E-state index in [9.17, 15) is 0 Å². The van der Waals surface area contributed by atoms with Crippen molar-refractivity contribution in [3.63, 3.8) is 0 Å². The average Bonchev–Trinajstić information content (AvgIpc) is 2.48. The van der Waals surface area contributed by atoms with Crippen LogP contribution in [-0.4, -0.2) is 37.2 Å². The maximum absolute atomic E-state index is 7.22. The van der Waals surface area contributed by atoms with Gasteiger partial charge in [-0.1, -0.05) is 0 Å². The first kappa shape index (κ1) is 9.32. The Morgan fingerprint density at radius 2 is 2.50 bits per heavy atom. The molecule has 4 heteroatoms. The molecule has 3 N–H and O–H groups in total. The minimum Gasteiger partial charge on any atom is -0.381 e. The van der Waals surface area contributed by atoms with Crippen molar-refractivity contribution in [2.24, 2.45) is 11.7 Å². The fraction of sp³-hybridized carbons (Fsp3) is 0.875. The number of nitrogens with zero attached hydrogens (tertiary/aromatic N) is 1. The van der Waals surface area contributed by atoms with Crippen LogP contribution in [0.3, 0.4) is 0 Å². The Bertz CT molecular complexity index is 160. The van der Waals surface area contributed by atoms with Crippen LogP contribution in [-0.2, 0) is 4.74 Å². The van der Waals surface area contributed by atoms with Gasteiger partial charge in [0.1, 0.15) is 0 Å². The zero-order chi connectivity index (χ0) is 8.97. The van der Waals surface area contributed by atoms with Crippen molar-refractivity contribution < 1.29 is 4.74 Å². The summed E-state index contributed by atoms with van der Waals surface area (Å²) in [5, 5.41) is 7.22. The largest absolute Gasteiger partial charge is 0.381 e. The van der Waals surface area contributed by atoms with Crippen molar-refractivity contribution in [2.75, 3.05) is 26.3 Å². The third kappa shape index (κ3) is 2.37. The Morgan fingerprint density at radius 1 is 1.75 bits per heavy atom. The Morgan fingerprint density at radius 3 is 3.00 bits per heavy atom. The molecular formula is C8H17N3O. The van der Waals surface area contributed by atoms with E-state index in [0.29, 0.717) is 5.92 Å². The molecule has 1 aliphatic rings. The van der Waals surface area contributed by atoms with Gasteiger partial charge in [-0.2, -0.15) is 0 Å². The third-order valence-electron chi connectivity index (χ3n) is 2.18. The lowest BCUT2D eigenvalue weighted by molar-refractivity contribution is 0.114. The molecule has 0 aromatic carbocycles. The molecule has 1 rings (SSSR count). The first-order chi connectivity index (χ1) is 5.74. The highest BCUT2D eigenvalue weighted by atomic mass is 16.5. The first-order valence-corrected chi connectivity index (χ1v) is 4.40. The summed E-state index contributed by atoms with van der Waals surface area (Å²) in [4.78, 5) is 1.89. The topological polar surface area (TPSA) is 62.3 Å². The number of guanidine groups is 1. The van der Waals surface area contributed by atoms with E-state index in [1.54, 1.807) is 0 Å². The van der Waals surface area contributed by atoms with Gasteiger partial charge in [0.15, 0.2) is 5.96 Å². The lowest BCUT2D eigenvalue weighted by Crippen LogP contribution is -2.34. The molecule has 0 spiro atoms. The highest BCUT2D eigenvalue weighted by Crippen LogP contribution is 2.15. The molecule has 1 aliphatic heterocycles. The predicted octanol–water partition coefficient (Wildman–Crippen LogP) is 0.238. The number of likely N-dealkylation sites (tertiary alicyclic amines) is 1. The van der Waals surface area contributed by atoms with E-state index >= 15 is 0 Å². The van der Waals surface area contributed by atoms with E-state index in [0.717, 1.165) is 32.7 Å². The zero-order valence-corrected chi connectivity index (χ0v) is 7.55. The summed E-state index contributed by atoms with van der Waals surface area (Å²) < 4.78 is 5.31. The van der Waals surface area contributed by atoms with Crippen LogP contribution in [0.5, 0.6) is 0 Å². The lowest BCUT2D eigenvalue weighted by Gasteiger charge is -2.15. The second kappa shape index (κ2) is 4.30. The standard InChI is InChI=1S/C8H17N3O/c1-2-12-6-7-3-4-11(5-7)8(9)10/h7H,2-6H2,1H3,(H3,9,10)/t7-/m0/s1. The van der Waals surface area contributed by atoms with Gasteiger partial charge in [0.2, 0.25) is 0 Å². The molecule has 0 amide bonds. The zero-order valence-electron chi connectivity index (χ0n) is 7.55. The molecule has 12 heavy (non-hydrogen) atoms. The second-order valence-electron chi connectivity index (χ2n) is 3.15. The van der Waals surface area contributed by atoms with E-state index in [1.165, 1.54) is 0 Å². The predicted molar refractivity (Wildman–Crippen MR) is 48.1 cm³/mol. The summed E-state index contributed by atoms with van der Waals surface area (Å²) in [5.74, 6) is 0.753. The van der Waals surface area contributed by atoms with Crippen LogP contribution in [0.1, 0.15) is 13.3 Å². The van der Waals surface area contributed by atoms with Crippen molar-refractivity contribution in [2.45, 2.75) is 13.3 Å². The van der Waals surface area contributed by atoms with Gasteiger partial charge in [-0.25, -0.2) is 0 Å². The van der Waals surface area contributed by atoms with Crippen LogP contribution < -0.4 is 5.73 Å². The smallest absolute Gasteiger partial charge is 0.188 e. The van der Waals surface area contributed by atoms with Crippen LogP contribution >= 0.6 is 0 Å². The maximum atomic E-state index is 7.22. The molecule has 0 radical (unpaired) electrons. The number of hydrogen-bond donors (Lipinski definition) is 2. The van der Waals surface area contributed by atoms with Gasteiger partial charge < -0.3 is 15.4 Å². The first-order valence-electron chi connectivity index (χ1n) is 4.40. The molecule has 0 aliphatic carbocycles. The lowest BCUT2D eigenvalue weighted by atomic mass is 10.1. The summed E-state index contributed by atoms with van der Waals surface area (Å²) in [7, 11) is 0. The number of nitrogens with one attached hydrogen (secondary N) is 1. The van der Waals surface area contributed by atoms with Gasteiger partial charge in [0, 0.05) is 25.6 Å². The van der Waals surface area contributed by atoms with Gasteiger partial charge in [-0.3, -0.25) is 5.41 Å². The number of ether oxygens (including phenoxy) is 1. The van der Waals surface area contributed by atoms with E-state index in [2.05, 4.69) is 0 Å². The fourth-order valence-electron chi connectivity index (χ4n) is 1.47. The molecular weight excluding hydrogens is 154 g/mol. The summed E-state index contributed by atoms with van der Waals surface area (Å²) in [6.07, 6.45) is 1.10. The van der Waals surface area contributed by atoms with Crippen LogP contribution in [0.15, 0.2) is 0 Å². The van der Waals surface area contributed by atoms with E-state index in [-0.39, 0.29) is 5.96 Å². The normalized spacial score (nSPS) is 23.1. The SMILES string of the molecule is CCOC[C@H]1CCN(C(=N)N)C1. The molecule has 1 atom stereocenters. The molecule has 0 aromatic heterocycles. The van der Waals surface area contributed by atoms with E-state index in [4.69, 9.17) is 15.9 Å². The van der Waals surface area contributed by atoms with Crippen molar-refractivity contribution in [3.05, 3.63) is 0 Å². The van der Waals surface area contributed by atoms with Gasteiger partial charge >= 0.3 is 0 Å². The molecule has 70 valence electrons. The molecule has 0 aromatic rings. The van der Waals surface area contributed by atoms with E-state index in [1.807, 2.05) is 11.8 Å². The van der Waals surface area contributed by atoms with E-state index < -0.39 is 0 Å². The maximum Gasteiger partial charge on any atom is 0.188 e. The Balaban J connectivity index is 2.21. The molecule has 0 unspecified atom stereocenters. The van der Waals surface area contributed by atoms with Crippen LogP contribution in [0, 0.1) is 11.3 Å². The minimum atomic E-state index is 0.189. The van der Waals surface area contributed by atoms with Crippen LogP contribution in [0.2, 0.25) is 0 Å². The Kier molecular flexibility index (Phi) is 3.34. The van der Waals surface area contributed by atoms with Crippen LogP contribution in [0.25, 0.3) is 0 Å². The summed E-state index contributed by atoms with van der Waals surface area (Å²) >= 11 is 0. The van der Waals surface area contributed by atoms with Crippen molar-refractivity contribution in [3.8, 4) is 0 Å². The molecule has 4 nitrogen and oxygen atoms in total. The Labute approximate surface area is 73.2 Å². The van der Waals surface area contributed by atoms with Gasteiger partial charge in [-0.15, -0.1) is 0 Å².